The van der Waals surface area contributed by atoms with Crippen LogP contribution in [0, 0.1) is 10.1 Å². The van der Waals surface area contributed by atoms with Gasteiger partial charge in [0, 0.05) is 33.2 Å². The third-order valence-electron chi connectivity index (χ3n) is 5.42. The fourth-order valence-electron chi connectivity index (χ4n) is 3.73. The summed E-state index contributed by atoms with van der Waals surface area (Å²) in [4.78, 5) is 49.0. The van der Waals surface area contributed by atoms with Crippen LogP contribution in [0.1, 0.15) is 4.88 Å². The largest absolute Gasteiger partial charge is 0.477 e. The molecule has 0 bridgehead atoms. The first-order chi connectivity index (χ1) is 16.7. The number of nitrogens with one attached hydrogen (secondary N) is 1. The Kier molecular flexibility index (Phi) is 7.33. The van der Waals surface area contributed by atoms with Gasteiger partial charge in [0.1, 0.15) is 23.3 Å². The van der Waals surface area contributed by atoms with Gasteiger partial charge in [-0.3, -0.25) is 28.8 Å². The maximum Gasteiger partial charge on any atom is 0.352 e. The van der Waals surface area contributed by atoms with Crippen molar-refractivity contribution in [2.45, 2.75) is 28.9 Å². The molecule has 4 atom stereocenters. The predicted molar refractivity (Wildman–Crippen MR) is 127 cm³/mol. The second-order valence-corrected chi connectivity index (χ2v) is 11.3. The highest BCUT2D eigenvalue weighted by molar-refractivity contribution is 8.00. The van der Waals surface area contributed by atoms with Gasteiger partial charge < -0.3 is 10.4 Å². The lowest BCUT2D eigenvalue weighted by atomic mass is 10.0. The molecular weight excluding hydrogens is 521 g/mol. The Morgan fingerprint density at radius 2 is 2.03 bits per heavy atom. The number of amides is 2. The van der Waals surface area contributed by atoms with E-state index in [-0.39, 0.29) is 34.2 Å². The van der Waals surface area contributed by atoms with Gasteiger partial charge >= 0.3 is 5.97 Å². The number of β-lactam (4-membered cyclic amide) rings is 1. The van der Waals surface area contributed by atoms with Crippen LogP contribution >= 0.6 is 23.1 Å². The van der Waals surface area contributed by atoms with Crippen molar-refractivity contribution < 1.29 is 33.0 Å². The molecule has 35 heavy (non-hydrogen) atoms. The maximum absolute atomic E-state index is 15.2. The van der Waals surface area contributed by atoms with Crippen molar-refractivity contribution >= 4 is 57.4 Å². The fraction of sp³-hybridized carbons (Fsp3) is 0.286. The van der Waals surface area contributed by atoms with Crippen LogP contribution in [0.25, 0.3) is 0 Å². The molecule has 0 aliphatic carbocycles. The Labute approximate surface area is 208 Å². The number of aliphatic carboxylic acids is 1. The summed E-state index contributed by atoms with van der Waals surface area (Å²) in [7, 11) is -1.90. The van der Waals surface area contributed by atoms with Crippen LogP contribution in [0.5, 0.6) is 0 Å². The van der Waals surface area contributed by atoms with Gasteiger partial charge in [-0.05, 0) is 23.6 Å². The van der Waals surface area contributed by atoms with Crippen LogP contribution in [0.4, 0.5) is 10.1 Å². The maximum atomic E-state index is 15.2. The number of nitro groups is 1. The number of hydrogen-bond donors (Lipinski definition) is 2. The first kappa shape index (κ1) is 25.0. The number of carboxylic acids is 1. The number of thioether (sulfide) groups is 1. The molecule has 14 heteroatoms. The molecule has 4 rings (SSSR count). The summed E-state index contributed by atoms with van der Waals surface area (Å²) in [6, 6.07) is 7.46. The van der Waals surface area contributed by atoms with Crippen molar-refractivity contribution in [1.82, 2.24) is 10.2 Å². The number of carbonyl (C=O) groups excluding carboxylic acids is 2. The molecule has 2 aliphatic rings. The third kappa shape index (κ3) is 5.13. The second-order valence-electron chi connectivity index (χ2n) is 7.62. The van der Waals surface area contributed by atoms with Gasteiger partial charge in [0.15, 0.2) is 0 Å². The van der Waals surface area contributed by atoms with Crippen LogP contribution in [0.2, 0.25) is 0 Å². The summed E-state index contributed by atoms with van der Waals surface area (Å²) in [6.07, 6.45) is -1.84. The number of thiophene rings is 1. The first-order valence-corrected chi connectivity index (χ1v) is 13.4. The minimum absolute atomic E-state index is 0.0635. The smallest absolute Gasteiger partial charge is 0.352 e. The standard InChI is InChI=1S/C21H18FN3O7S3/c22-15(10-35(32)13-5-3-11(4-6-13)25(30)31)14-9-34-20-17(19(27)24(20)18(14)21(28)29)23-16(26)8-12-2-1-7-33-12/h1-7,15,17,20H,8-10H2,(H,23,26)(H,28,29). The minimum Gasteiger partial charge on any atom is -0.477 e. The summed E-state index contributed by atoms with van der Waals surface area (Å²) in [5.41, 5.74) is -0.886. The quantitative estimate of drug-likeness (QED) is 0.280. The lowest BCUT2D eigenvalue weighted by Gasteiger charge is -2.49. The molecular formula is C21H18FN3O7S3. The number of carbonyl (C=O) groups is 3. The van der Waals surface area contributed by atoms with E-state index in [0.717, 1.165) is 33.7 Å². The third-order valence-corrected chi connectivity index (χ3v) is 8.99. The SMILES string of the molecule is O=C(Cc1cccs1)NC1C(=O)N2C(C(=O)O)=C(C(F)CS(=O)c3ccc([N+](=O)[O-])cc3)CSC12. The fourth-order valence-corrected chi connectivity index (χ4v) is 6.93. The zero-order chi connectivity index (χ0) is 25.3. The van der Waals surface area contributed by atoms with Crippen molar-refractivity contribution in [2.24, 2.45) is 0 Å². The van der Waals surface area contributed by atoms with E-state index in [2.05, 4.69) is 5.32 Å². The van der Waals surface area contributed by atoms with Gasteiger partial charge in [-0.1, -0.05) is 6.07 Å². The Morgan fingerprint density at radius 1 is 1.31 bits per heavy atom. The highest BCUT2D eigenvalue weighted by Crippen LogP contribution is 2.42. The summed E-state index contributed by atoms with van der Waals surface area (Å²) in [5.74, 6) is -3.16. The van der Waals surface area contributed by atoms with Gasteiger partial charge in [0.25, 0.3) is 11.6 Å². The molecule has 2 amide bonds. The number of carboxylic acid groups (broad SMARTS) is 1. The molecule has 0 radical (unpaired) electrons. The van der Waals surface area contributed by atoms with Crippen molar-refractivity contribution in [2.75, 3.05) is 11.5 Å². The molecule has 1 saturated heterocycles. The van der Waals surface area contributed by atoms with Crippen LogP contribution in [0.3, 0.4) is 0 Å². The normalized spacial score (nSPS) is 21.1. The average molecular weight is 540 g/mol. The van der Waals surface area contributed by atoms with Gasteiger partial charge in [-0.25, -0.2) is 9.18 Å². The van der Waals surface area contributed by atoms with E-state index in [9.17, 15) is 33.8 Å². The number of nitrogens with zero attached hydrogens (tertiary/aromatic N) is 2. The van der Waals surface area contributed by atoms with Crippen molar-refractivity contribution in [3.8, 4) is 0 Å². The number of rotatable bonds is 9. The number of hydrogen-bond acceptors (Lipinski definition) is 8. The minimum atomic E-state index is -1.93. The number of benzene rings is 1. The molecule has 10 nitrogen and oxygen atoms in total. The molecule has 0 saturated carbocycles. The molecule has 4 unspecified atom stereocenters. The van der Waals surface area contributed by atoms with Crippen LogP contribution in [-0.2, 0) is 31.6 Å². The Hall–Kier alpha value is -3.10. The highest BCUT2D eigenvalue weighted by Gasteiger charge is 2.54. The lowest BCUT2D eigenvalue weighted by Crippen LogP contribution is -2.70. The number of nitro benzene ring substituents is 1. The van der Waals surface area contributed by atoms with E-state index in [0.29, 0.717) is 0 Å². The van der Waals surface area contributed by atoms with Gasteiger partial charge in [-0.2, -0.15) is 0 Å². The summed E-state index contributed by atoms with van der Waals surface area (Å²) in [5, 5.41) is 24.2. The van der Waals surface area contributed by atoms with Crippen LogP contribution < -0.4 is 5.32 Å². The molecule has 1 fully saturated rings. The second kappa shape index (κ2) is 10.3. The van der Waals surface area contributed by atoms with Crippen molar-refractivity contribution in [1.29, 1.82) is 0 Å². The summed E-state index contributed by atoms with van der Waals surface area (Å²) in [6.45, 7) is 0. The predicted octanol–water partition coefficient (Wildman–Crippen LogP) is 2.08. The van der Waals surface area contributed by atoms with E-state index in [1.807, 2.05) is 5.38 Å². The molecule has 3 heterocycles. The van der Waals surface area contributed by atoms with E-state index >= 15 is 4.39 Å². The van der Waals surface area contributed by atoms with Crippen molar-refractivity contribution in [3.05, 3.63) is 68.0 Å². The average Bonchev–Trinajstić information content (AvgIpc) is 3.34. The summed E-state index contributed by atoms with van der Waals surface area (Å²) < 4.78 is 27.8. The van der Waals surface area contributed by atoms with Gasteiger partial charge in [0.05, 0.1) is 27.9 Å². The molecule has 0 spiro atoms. The first-order valence-electron chi connectivity index (χ1n) is 10.2. The molecule has 184 valence electrons. The number of non-ortho nitro benzene ring substituents is 1. The molecule has 2 aliphatic heterocycles. The highest BCUT2D eigenvalue weighted by atomic mass is 32.2. The Bertz CT molecular complexity index is 1230. The Morgan fingerprint density at radius 3 is 2.63 bits per heavy atom. The molecule has 1 aromatic carbocycles. The molecule has 1 aromatic heterocycles. The number of halogens is 1. The number of fused-ring (bicyclic) bond motifs is 1. The molecule has 2 N–H and O–H groups in total. The lowest BCUT2D eigenvalue weighted by molar-refractivity contribution is -0.384. The van der Waals surface area contributed by atoms with Crippen LogP contribution in [0.15, 0.2) is 57.9 Å². The Balaban J connectivity index is 1.46. The van der Waals surface area contributed by atoms with Crippen LogP contribution in [-0.4, -0.2) is 66.0 Å². The zero-order valence-electron chi connectivity index (χ0n) is 17.8. The monoisotopic (exact) mass is 539 g/mol. The van der Waals surface area contributed by atoms with Gasteiger partial charge in [-0.15, -0.1) is 23.1 Å². The topological polar surface area (TPSA) is 147 Å². The number of alkyl halides is 1. The zero-order valence-corrected chi connectivity index (χ0v) is 20.2. The summed E-state index contributed by atoms with van der Waals surface area (Å²) >= 11 is 2.52. The van der Waals surface area contributed by atoms with Crippen molar-refractivity contribution in [3.63, 3.8) is 0 Å². The van der Waals surface area contributed by atoms with E-state index < -0.39 is 56.6 Å². The van der Waals surface area contributed by atoms with Gasteiger partial charge in [0.2, 0.25) is 5.91 Å². The molecule has 2 aromatic rings. The van der Waals surface area contributed by atoms with E-state index in [1.165, 1.54) is 23.5 Å². The van der Waals surface area contributed by atoms with E-state index in [4.69, 9.17) is 0 Å². The van der Waals surface area contributed by atoms with E-state index in [1.54, 1.807) is 12.1 Å².